The largest absolute Gasteiger partial charge is 0.369 e. The summed E-state index contributed by atoms with van der Waals surface area (Å²) in [5.74, 6) is 1.43. The Hall–Kier alpha value is -0.990. The van der Waals surface area contributed by atoms with Crippen molar-refractivity contribution < 1.29 is 0 Å². The summed E-state index contributed by atoms with van der Waals surface area (Å²) < 4.78 is 2.21. The van der Waals surface area contributed by atoms with Crippen molar-refractivity contribution in [3.05, 3.63) is 11.4 Å². The highest BCUT2D eigenvalue weighted by Crippen LogP contribution is 2.38. The van der Waals surface area contributed by atoms with Gasteiger partial charge in [0.05, 0.1) is 5.69 Å². The molecule has 0 saturated heterocycles. The predicted octanol–water partition coefficient (Wildman–Crippen LogP) is 2.45. The smallest absolute Gasteiger partial charge is 0.200 e. The monoisotopic (exact) mass is 193 g/mol. The zero-order valence-electron chi connectivity index (χ0n) is 9.08. The maximum Gasteiger partial charge on any atom is 0.200 e. The fourth-order valence-corrected chi connectivity index (χ4v) is 2.26. The van der Waals surface area contributed by atoms with E-state index in [-0.39, 0.29) is 0 Å². The van der Waals surface area contributed by atoms with Crippen molar-refractivity contribution in [2.75, 3.05) is 5.73 Å². The van der Waals surface area contributed by atoms with Crippen LogP contribution in [0.25, 0.3) is 0 Å². The van der Waals surface area contributed by atoms with Crippen LogP contribution in [0.2, 0.25) is 0 Å². The average Bonchev–Trinajstić information content (AvgIpc) is 2.29. The quantitative estimate of drug-likeness (QED) is 0.801. The topological polar surface area (TPSA) is 43.8 Å². The number of nitrogens with two attached hydrogens (primary N) is 1. The van der Waals surface area contributed by atoms with E-state index < -0.39 is 0 Å². The molecule has 1 aliphatic carbocycles. The van der Waals surface area contributed by atoms with E-state index in [1.807, 2.05) is 0 Å². The van der Waals surface area contributed by atoms with Crippen molar-refractivity contribution in [3.63, 3.8) is 0 Å². The first kappa shape index (κ1) is 9.56. The fourth-order valence-electron chi connectivity index (χ4n) is 2.26. The molecule has 0 aliphatic heterocycles. The second-order valence-electron chi connectivity index (χ2n) is 4.22. The van der Waals surface area contributed by atoms with Gasteiger partial charge in [-0.05, 0) is 26.2 Å². The summed E-state index contributed by atoms with van der Waals surface area (Å²) in [7, 11) is 0. The lowest BCUT2D eigenvalue weighted by Crippen LogP contribution is -2.16. The third-order valence-corrected chi connectivity index (χ3v) is 3.16. The molecule has 0 amide bonds. The third kappa shape index (κ3) is 1.41. The zero-order valence-corrected chi connectivity index (χ0v) is 9.08. The van der Waals surface area contributed by atoms with Crippen molar-refractivity contribution >= 4 is 5.95 Å². The summed E-state index contributed by atoms with van der Waals surface area (Å²) in [5, 5.41) is 0. The van der Waals surface area contributed by atoms with Crippen molar-refractivity contribution in [1.29, 1.82) is 0 Å². The highest BCUT2D eigenvalue weighted by molar-refractivity contribution is 5.32. The minimum Gasteiger partial charge on any atom is -0.369 e. The molecule has 0 radical (unpaired) electrons. The summed E-state index contributed by atoms with van der Waals surface area (Å²) in [6.07, 6.45) is 5.12. The highest BCUT2D eigenvalue weighted by atomic mass is 15.2. The summed E-state index contributed by atoms with van der Waals surface area (Å²) in [6.45, 7) is 5.27. The molecule has 1 fully saturated rings. The molecular weight excluding hydrogens is 174 g/mol. The van der Waals surface area contributed by atoms with Crippen molar-refractivity contribution in [2.45, 2.75) is 52.0 Å². The van der Waals surface area contributed by atoms with Crippen LogP contribution in [-0.2, 0) is 6.54 Å². The lowest BCUT2D eigenvalue weighted by atomic mass is 9.82. The molecule has 0 unspecified atom stereocenters. The Balaban J connectivity index is 2.33. The number of hydrogen-bond donors (Lipinski definition) is 1. The SMILES string of the molecule is CCCn1c(N)nc(C)c1C1CCC1. The number of nitrogen functional groups attached to an aromatic ring is 1. The molecule has 1 aliphatic rings. The first-order valence-electron chi connectivity index (χ1n) is 5.56. The van der Waals surface area contributed by atoms with Gasteiger partial charge >= 0.3 is 0 Å². The van der Waals surface area contributed by atoms with E-state index in [0.717, 1.165) is 24.6 Å². The van der Waals surface area contributed by atoms with Crippen molar-refractivity contribution in [2.24, 2.45) is 0 Å². The Morgan fingerprint density at radius 1 is 1.50 bits per heavy atom. The van der Waals surface area contributed by atoms with Gasteiger partial charge in [-0.25, -0.2) is 4.98 Å². The van der Waals surface area contributed by atoms with E-state index in [9.17, 15) is 0 Å². The maximum absolute atomic E-state index is 5.90. The lowest BCUT2D eigenvalue weighted by molar-refractivity contribution is 0.395. The second kappa shape index (κ2) is 3.64. The van der Waals surface area contributed by atoms with Gasteiger partial charge in [-0.2, -0.15) is 0 Å². The van der Waals surface area contributed by atoms with Gasteiger partial charge in [-0.1, -0.05) is 13.3 Å². The molecule has 2 N–H and O–H groups in total. The predicted molar refractivity (Wildman–Crippen MR) is 58.3 cm³/mol. The fraction of sp³-hybridized carbons (Fsp3) is 0.727. The second-order valence-corrected chi connectivity index (χ2v) is 4.22. The molecule has 0 bridgehead atoms. The third-order valence-electron chi connectivity index (χ3n) is 3.16. The maximum atomic E-state index is 5.90. The van der Waals surface area contributed by atoms with Gasteiger partial charge in [-0.3, -0.25) is 0 Å². The van der Waals surface area contributed by atoms with Crippen molar-refractivity contribution in [3.8, 4) is 0 Å². The number of anilines is 1. The molecule has 3 nitrogen and oxygen atoms in total. The van der Waals surface area contributed by atoms with E-state index >= 15 is 0 Å². The molecule has 0 spiro atoms. The van der Waals surface area contributed by atoms with Crippen LogP contribution in [0, 0.1) is 6.92 Å². The molecule has 1 aromatic heterocycles. The van der Waals surface area contributed by atoms with E-state index in [0.29, 0.717) is 5.95 Å². The van der Waals surface area contributed by atoms with Gasteiger partial charge in [0.1, 0.15) is 0 Å². The Morgan fingerprint density at radius 2 is 2.21 bits per heavy atom. The van der Waals surface area contributed by atoms with Gasteiger partial charge in [0.15, 0.2) is 0 Å². The van der Waals surface area contributed by atoms with E-state index in [2.05, 4.69) is 23.4 Å². The van der Waals surface area contributed by atoms with Crippen LogP contribution in [0.4, 0.5) is 5.95 Å². The first-order chi connectivity index (χ1) is 6.74. The molecule has 3 heteroatoms. The summed E-state index contributed by atoms with van der Waals surface area (Å²) in [4.78, 5) is 4.37. The molecule has 1 saturated carbocycles. The standard InChI is InChI=1S/C11H19N3/c1-3-7-14-10(9-5-4-6-9)8(2)13-11(14)12/h9H,3-7H2,1-2H3,(H2,12,13). The molecule has 0 atom stereocenters. The molecule has 0 aromatic carbocycles. The van der Waals surface area contributed by atoms with Crippen LogP contribution in [-0.4, -0.2) is 9.55 Å². The number of imidazole rings is 1. The minimum atomic E-state index is 0.700. The van der Waals surface area contributed by atoms with E-state index in [1.165, 1.54) is 25.0 Å². The van der Waals surface area contributed by atoms with Crippen molar-refractivity contribution in [1.82, 2.24) is 9.55 Å². The molecule has 14 heavy (non-hydrogen) atoms. The van der Waals surface area contributed by atoms with Crippen LogP contribution in [0.3, 0.4) is 0 Å². The van der Waals surface area contributed by atoms with Gasteiger partial charge in [0, 0.05) is 18.2 Å². The Bertz CT molecular complexity index is 324. The number of aryl methyl sites for hydroxylation is 1. The average molecular weight is 193 g/mol. The molecule has 1 heterocycles. The Kier molecular flexibility index (Phi) is 2.48. The number of aromatic nitrogens is 2. The van der Waals surface area contributed by atoms with E-state index in [1.54, 1.807) is 0 Å². The Morgan fingerprint density at radius 3 is 2.71 bits per heavy atom. The zero-order chi connectivity index (χ0) is 10.1. The first-order valence-corrected chi connectivity index (χ1v) is 5.56. The van der Waals surface area contributed by atoms with Gasteiger partial charge in [-0.15, -0.1) is 0 Å². The van der Waals surface area contributed by atoms with Crippen LogP contribution in [0.1, 0.15) is 49.9 Å². The van der Waals surface area contributed by atoms with Crippen LogP contribution in [0.5, 0.6) is 0 Å². The van der Waals surface area contributed by atoms with E-state index in [4.69, 9.17) is 5.73 Å². The van der Waals surface area contributed by atoms with Gasteiger partial charge in [0.25, 0.3) is 0 Å². The summed E-state index contributed by atoms with van der Waals surface area (Å²) in [5.41, 5.74) is 8.43. The molecule has 1 aromatic rings. The normalized spacial score (nSPS) is 17.0. The molecule has 78 valence electrons. The number of hydrogen-bond acceptors (Lipinski definition) is 2. The van der Waals surface area contributed by atoms with Crippen LogP contribution >= 0.6 is 0 Å². The van der Waals surface area contributed by atoms with Crippen LogP contribution < -0.4 is 5.73 Å². The summed E-state index contributed by atoms with van der Waals surface area (Å²) >= 11 is 0. The highest BCUT2D eigenvalue weighted by Gasteiger charge is 2.26. The van der Waals surface area contributed by atoms with Crippen LogP contribution in [0.15, 0.2) is 0 Å². The Labute approximate surface area is 85.3 Å². The minimum absolute atomic E-state index is 0.700. The lowest BCUT2D eigenvalue weighted by Gasteiger charge is -2.27. The molecular formula is C11H19N3. The van der Waals surface area contributed by atoms with Gasteiger partial charge < -0.3 is 10.3 Å². The number of rotatable bonds is 3. The van der Waals surface area contributed by atoms with Gasteiger partial charge in [0.2, 0.25) is 5.95 Å². The number of nitrogens with zero attached hydrogens (tertiary/aromatic N) is 2. The summed E-state index contributed by atoms with van der Waals surface area (Å²) in [6, 6.07) is 0. The molecule has 2 rings (SSSR count).